The second-order valence-electron chi connectivity index (χ2n) is 5.25. The minimum atomic E-state index is -0.365. The third-order valence-corrected chi connectivity index (χ3v) is 4.08. The average Bonchev–Trinajstić information content (AvgIpc) is 2.91. The number of anilines is 1. The van der Waals surface area contributed by atoms with E-state index in [4.69, 9.17) is 0 Å². The van der Waals surface area contributed by atoms with Crippen LogP contribution in [0.5, 0.6) is 0 Å². The molecule has 0 N–H and O–H groups in total. The van der Waals surface area contributed by atoms with Gasteiger partial charge in [-0.2, -0.15) is 0 Å². The van der Waals surface area contributed by atoms with Crippen LogP contribution in [0.3, 0.4) is 0 Å². The van der Waals surface area contributed by atoms with Crippen LogP contribution in [0.2, 0.25) is 0 Å². The summed E-state index contributed by atoms with van der Waals surface area (Å²) in [6.45, 7) is 0.555. The van der Waals surface area contributed by atoms with Gasteiger partial charge >= 0.3 is 0 Å². The summed E-state index contributed by atoms with van der Waals surface area (Å²) in [5.41, 5.74) is 1.54. The number of hydrogen-bond acceptors (Lipinski definition) is 3. The molecule has 1 atom stereocenters. The number of amides is 1. The van der Waals surface area contributed by atoms with Gasteiger partial charge in [-0.25, -0.2) is 0 Å². The Morgan fingerprint density at radius 3 is 2.90 bits per heavy atom. The summed E-state index contributed by atoms with van der Waals surface area (Å²) in [5.74, 6) is 0.124. The van der Waals surface area contributed by atoms with Crippen LogP contribution >= 0.6 is 0 Å². The first-order chi connectivity index (χ1) is 9.68. The summed E-state index contributed by atoms with van der Waals surface area (Å²) in [7, 11) is 0. The zero-order valence-electron chi connectivity index (χ0n) is 11.1. The number of fused-ring (bicyclic) bond motifs is 1. The first-order valence-electron chi connectivity index (χ1n) is 6.91. The van der Waals surface area contributed by atoms with E-state index >= 15 is 0 Å². The molecule has 5 heteroatoms. The fourth-order valence-corrected chi connectivity index (χ4v) is 3.05. The molecule has 1 amide bonds. The highest BCUT2D eigenvalue weighted by Gasteiger charge is 2.33. The number of carbonyl (C=O) groups is 1. The lowest BCUT2D eigenvalue weighted by molar-refractivity contribution is -0.385. The Hall–Kier alpha value is -2.17. The molecule has 2 aliphatic rings. The van der Waals surface area contributed by atoms with E-state index in [1.807, 2.05) is 6.07 Å². The van der Waals surface area contributed by atoms with Crippen LogP contribution in [-0.2, 0) is 11.2 Å². The van der Waals surface area contributed by atoms with Gasteiger partial charge in [0.05, 0.1) is 16.2 Å². The van der Waals surface area contributed by atoms with Crippen LogP contribution in [0.1, 0.15) is 24.8 Å². The molecule has 3 rings (SSSR count). The highest BCUT2D eigenvalue weighted by atomic mass is 16.6. The number of carbonyl (C=O) groups excluding carboxylic acids is 1. The van der Waals surface area contributed by atoms with E-state index in [2.05, 4.69) is 12.2 Å². The molecule has 104 valence electrons. The summed E-state index contributed by atoms with van der Waals surface area (Å²) >= 11 is 0. The molecule has 1 aliphatic heterocycles. The van der Waals surface area contributed by atoms with E-state index in [1.165, 1.54) is 6.07 Å². The van der Waals surface area contributed by atoms with E-state index in [1.54, 1.807) is 11.0 Å². The molecule has 0 spiro atoms. The van der Waals surface area contributed by atoms with E-state index < -0.39 is 0 Å². The average molecular weight is 272 g/mol. The van der Waals surface area contributed by atoms with Gasteiger partial charge in [-0.1, -0.05) is 18.2 Å². The molecule has 1 heterocycles. The molecule has 0 bridgehead atoms. The van der Waals surface area contributed by atoms with E-state index in [0.717, 1.165) is 24.9 Å². The molecule has 0 radical (unpaired) electrons. The minimum Gasteiger partial charge on any atom is -0.311 e. The molecule has 20 heavy (non-hydrogen) atoms. The zero-order valence-corrected chi connectivity index (χ0v) is 11.1. The number of nitro benzene ring substituents is 1. The van der Waals surface area contributed by atoms with Gasteiger partial charge in [-0.15, -0.1) is 0 Å². The van der Waals surface area contributed by atoms with Gasteiger partial charge in [0.1, 0.15) is 0 Å². The van der Waals surface area contributed by atoms with Crippen LogP contribution in [-0.4, -0.2) is 17.4 Å². The van der Waals surface area contributed by atoms with Gasteiger partial charge in [-0.05, 0) is 31.7 Å². The van der Waals surface area contributed by atoms with Crippen LogP contribution in [0, 0.1) is 16.0 Å². The number of nitro groups is 1. The van der Waals surface area contributed by atoms with E-state index in [-0.39, 0.29) is 22.4 Å². The summed E-state index contributed by atoms with van der Waals surface area (Å²) in [6.07, 6.45) is 7.31. The van der Waals surface area contributed by atoms with Crippen LogP contribution in [0.15, 0.2) is 30.4 Å². The van der Waals surface area contributed by atoms with Crippen molar-refractivity contribution in [3.63, 3.8) is 0 Å². The van der Waals surface area contributed by atoms with Crippen molar-refractivity contribution < 1.29 is 9.72 Å². The van der Waals surface area contributed by atoms with Gasteiger partial charge in [-0.3, -0.25) is 14.9 Å². The van der Waals surface area contributed by atoms with Crippen LogP contribution in [0.4, 0.5) is 11.4 Å². The van der Waals surface area contributed by atoms with Crippen molar-refractivity contribution in [3.05, 3.63) is 46.0 Å². The number of allylic oxidation sites excluding steroid dienone is 2. The molecule has 0 saturated heterocycles. The van der Waals surface area contributed by atoms with Gasteiger partial charge in [0.15, 0.2) is 0 Å². The van der Waals surface area contributed by atoms with Crippen LogP contribution in [0.25, 0.3) is 0 Å². The van der Waals surface area contributed by atoms with Crippen molar-refractivity contribution in [2.75, 3.05) is 11.4 Å². The normalized spacial score (nSPS) is 20.8. The lowest BCUT2D eigenvalue weighted by Gasteiger charge is -2.24. The van der Waals surface area contributed by atoms with Crippen molar-refractivity contribution in [1.82, 2.24) is 0 Å². The quantitative estimate of drug-likeness (QED) is 0.472. The Morgan fingerprint density at radius 2 is 2.20 bits per heavy atom. The largest absolute Gasteiger partial charge is 0.311 e. The Labute approximate surface area is 117 Å². The number of rotatable bonds is 2. The molecular formula is C15H16N2O3. The Morgan fingerprint density at radius 1 is 1.35 bits per heavy atom. The fraction of sp³-hybridized carbons (Fsp3) is 0.400. The maximum Gasteiger partial charge on any atom is 0.274 e. The zero-order chi connectivity index (χ0) is 14.1. The Balaban J connectivity index is 1.89. The lowest BCUT2D eigenvalue weighted by atomic mass is 9.93. The van der Waals surface area contributed by atoms with Gasteiger partial charge in [0.2, 0.25) is 5.91 Å². The fourth-order valence-electron chi connectivity index (χ4n) is 3.05. The van der Waals surface area contributed by atoms with Gasteiger partial charge in [0, 0.05) is 18.5 Å². The first-order valence-corrected chi connectivity index (χ1v) is 6.91. The number of nitrogens with zero attached hydrogens (tertiary/aromatic N) is 2. The SMILES string of the molecule is O=C([C@H]1CC=CCC1)N1CCc2c1cccc2[N+](=O)[O-]. The molecular weight excluding hydrogens is 256 g/mol. The number of benzene rings is 1. The third kappa shape index (κ3) is 2.09. The number of hydrogen-bond donors (Lipinski definition) is 0. The predicted molar refractivity (Wildman–Crippen MR) is 75.6 cm³/mol. The summed E-state index contributed by atoms with van der Waals surface area (Å²) in [4.78, 5) is 25.0. The molecule has 1 aromatic carbocycles. The van der Waals surface area contributed by atoms with Gasteiger partial charge in [0.25, 0.3) is 5.69 Å². The maximum atomic E-state index is 12.6. The highest BCUT2D eigenvalue weighted by molar-refractivity contribution is 5.97. The minimum absolute atomic E-state index is 0.0187. The maximum absolute atomic E-state index is 12.6. The lowest BCUT2D eigenvalue weighted by Crippen LogP contribution is -2.35. The van der Waals surface area contributed by atoms with E-state index in [9.17, 15) is 14.9 Å². The molecule has 1 aromatic rings. The Bertz CT molecular complexity index is 595. The third-order valence-electron chi connectivity index (χ3n) is 4.08. The monoisotopic (exact) mass is 272 g/mol. The topological polar surface area (TPSA) is 63.5 Å². The van der Waals surface area contributed by atoms with Crippen molar-refractivity contribution >= 4 is 17.3 Å². The molecule has 0 aromatic heterocycles. The second kappa shape index (κ2) is 5.07. The van der Waals surface area contributed by atoms with E-state index in [0.29, 0.717) is 18.5 Å². The predicted octanol–water partition coefficient (Wildman–Crippen LogP) is 2.84. The molecule has 5 nitrogen and oxygen atoms in total. The van der Waals surface area contributed by atoms with Crippen LogP contribution < -0.4 is 4.90 Å². The molecule has 1 aliphatic carbocycles. The Kier molecular flexibility index (Phi) is 3.26. The smallest absolute Gasteiger partial charge is 0.274 e. The molecule has 0 saturated carbocycles. The van der Waals surface area contributed by atoms with Crippen molar-refractivity contribution in [2.45, 2.75) is 25.7 Å². The molecule has 0 fully saturated rings. The van der Waals surface area contributed by atoms with Crippen molar-refractivity contribution in [3.8, 4) is 0 Å². The summed E-state index contributed by atoms with van der Waals surface area (Å²) in [5, 5.41) is 11.0. The van der Waals surface area contributed by atoms with Crippen molar-refractivity contribution in [1.29, 1.82) is 0 Å². The molecule has 0 unspecified atom stereocenters. The summed E-state index contributed by atoms with van der Waals surface area (Å²) in [6, 6.07) is 4.98. The summed E-state index contributed by atoms with van der Waals surface area (Å²) < 4.78 is 0. The first kappa shape index (κ1) is 12.8. The van der Waals surface area contributed by atoms with Crippen molar-refractivity contribution in [2.24, 2.45) is 5.92 Å². The standard InChI is InChI=1S/C15H16N2O3/c18-15(11-5-2-1-3-6-11)16-10-9-12-13(16)7-4-8-14(12)17(19)20/h1-2,4,7-8,11H,3,5-6,9-10H2/t11-/m0/s1. The second-order valence-corrected chi connectivity index (χ2v) is 5.25. The highest BCUT2D eigenvalue weighted by Crippen LogP contribution is 2.36. The van der Waals surface area contributed by atoms with Gasteiger partial charge < -0.3 is 4.90 Å².